The minimum atomic E-state index is 0.169. The smallest absolute Gasteiger partial charge is 0.151 e. The van der Waals surface area contributed by atoms with Crippen LogP contribution in [0, 0.1) is 5.41 Å². The zero-order valence-corrected chi connectivity index (χ0v) is 8.97. The van der Waals surface area contributed by atoms with Crippen LogP contribution in [0.15, 0.2) is 36.4 Å². The van der Waals surface area contributed by atoms with Crippen molar-refractivity contribution in [3.05, 3.63) is 42.0 Å². The van der Waals surface area contributed by atoms with Gasteiger partial charge in [0.15, 0.2) is 5.17 Å². The molecule has 3 heteroatoms. The molecule has 1 aromatic carbocycles. The lowest BCUT2D eigenvalue weighted by Crippen LogP contribution is -2.03. The quantitative estimate of drug-likeness (QED) is 0.590. The van der Waals surface area contributed by atoms with E-state index in [0.29, 0.717) is 0 Å². The summed E-state index contributed by atoms with van der Waals surface area (Å²) < 4.78 is 0. The third kappa shape index (κ3) is 3.66. The molecule has 1 aromatic rings. The van der Waals surface area contributed by atoms with Crippen LogP contribution >= 0.6 is 11.8 Å². The molecular formula is C11H14N2S. The van der Waals surface area contributed by atoms with Gasteiger partial charge >= 0.3 is 0 Å². The number of hydrogen-bond donors (Lipinski definition) is 2. The zero-order valence-electron chi connectivity index (χ0n) is 8.16. The SMILES string of the molecule is C/C(=C/CSC(=N)N)c1ccccc1. The van der Waals surface area contributed by atoms with E-state index in [9.17, 15) is 0 Å². The van der Waals surface area contributed by atoms with Gasteiger partial charge in [-0.15, -0.1) is 0 Å². The maximum Gasteiger partial charge on any atom is 0.151 e. The molecule has 0 aliphatic rings. The van der Waals surface area contributed by atoms with Crippen molar-refractivity contribution in [1.29, 1.82) is 5.41 Å². The molecular weight excluding hydrogens is 192 g/mol. The van der Waals surface area contributed by atoms with Crippen LogP contribution in [0.1, 0.15) is 12.5 Å². The molecule has 0 aliphatic heterocycles. The van der Waals surface area contributed by atoms with Crippen molar-refractivity contribution in [2.75, 3.05) is 5.75 Å². The van der Waals surface area contributed by atoms with Crippen molar-refractivity contribution in [2.45, 2.75) is 6.92 Å². The van der Waals surface area contributed by atoms with E-state index in [4.69, 9.17) is 11.1 Å². The van der Waals surface area contributed by atoms with E-state index in [0.717, 1.165) is 5.75 Å². The van der Waals surface area contributed by atoms with Gasteiger partial charge in [0, 0.05) is 5.75 Å². The van der Waals surface area contributed by atoms with Crippen molar-refractivity contribution in [2.24, 2.45) is 5.73 Å². The number of hydrogen-bond acceptors (Lipinski definition) is 2. The Hall–Kier alpha value is -1.22. The van der Waals surface area contributed by atoms with Gasteiger partial charge in [0.2, 0.25) is 0 Å². The third-order valence-corrected chi connectivity index (χ3v) is 2.50. The van der Waals surface area contributed by atoms with Crippen LogP contribution in [-0.4, -0.2) is 10.9 Å². The molecule has 0 amide bonds. The molecule has 0 atom stereocenters. The second-order valence-electron chi connectivity index (χ2n) is 2.93. The Morgan fingerprint density at radius 2 is 2.07 bits per heavy atom. The summed E-state index contributed by atoms with van der Waals surface area (Å²) in [5.41, 5.74) is 7.68. The van der Waals surface area contributed by atoms with Crippen molar-refractivity contribution in [3.8, 4) is 0 Å². The first-order valence-electron chi connectivity index (χ1n) is 4.39. The summed E-state index contributed by atoms with van der Waals surface area (Å²) in [6, 6.07) is 10.2. The van der Waals surface area contributed by atoms with Gasteiger partial charge in [-0.2, -0.15) is 0 Å². The van der Waals surface area contributed by atoms with Crippen molar-refractivity contribution in [3.63, 3.8) is 0 Å². The van der Waals surface area contributed by atoms with Crippen LogP contribution in [0.25, 0.3) is 5.57 Å². The van der Waals surface area contributed by atoms with Gasteiger partial charge in [-0.3, -0.25) is 5.41 Å². The van der Waals surface area contributed by atoms with E-state index in [2.05, 4.69) is 25.1 Å². The summed E-state index contributed by atoms with van der Waals surface area (Å²) in [6.45, 7) is 2.07. The van der Waals surface area contributed by atoms with E-state index in [1.165, 1.54) is 22.9 Å². The first kappa shape index (κ1) is 10.9. The monoisotopic (exact) mass is 206 g/mol. The summed E-state index contributed by atoms with van der Waals surface area (Å²) in [5.74, 6) is 0.760. The maximum absolute atomic E-state index is 7.05. The second-order valence-corrected chi connectivity index (χ2v) is 3.99. The van der Waals surface area contributed by atoms with Gasteiger partial charge in [0.05, 0.1) is 0 Å². The molecule has 74 valence electrons. The van der Waals surface area contributed by atoms with Gasteiger partial charge in [0.1, 0.15) is 0 Å². The fourth-order valence-electron chi connectivity index (χ4n) is 1.08. The fourth-order valence-corrected chi connectivity index (χ4v) is 1.59. The Balaban J connectivity index is 2.57. The molecule has 0 heterocycles. The van der Waals surface area contributed by atoms with Crippen LogP contribution in [0.4, 0.5) is 0 Å². The molecule has 0 radical (unpaired) electrons. The molecule has 0 saturated carbocycles. The molecule has 14 heavy (non-hydrogen) atoms. The Bertz CT molecular complexity index is 330. The number of allylic oxidation sites excluding steroid dienone is 1. The van der Waals surface area contributed by atoms with Gasteiger partial charge in [0.25, 0.3) is 0 Å². The van der Waals surface area contributed by atoms with Crippen molar-refractivity contribution >= 4 is 22.5 Å². The summed E-state index contributed by atoms with van der Waals surface area (Å²) in [6.07, 6.45) is 2.08. The number of benzene rings is 1. The molecule has 2 nitrogen and oxygen atoms in total. The number of amidine groups is 1. The first-order chi connectivity index (χ1) is 6.70. The second kappa shape index (κ2) is 5.50. The van der Waals surface area contributed by atoms with Crippen molar-refractivity contribution in [1.82, 2.24) is 0 Å². The average Bonchev–Trinajstić information content (AvgIpc) is 2.18. The highest BCUT2D eigenvalue weighted by Gasteiger charge is 1.93. The molecule has 0 unspecified atom stereocenters. The Kier molecular flexibility index (Phi) is 4.26. The van der Waals surface area contributed by atoms with Gasteiger partial charge in [-0.05, 0) is 18.1 Å². The molecule has 0 saturated heterocycles. The minimum Gasteiger partial charge on any atom is -0.379 e. The zero-order chi connectivity index (χ0) is 10.4. The molecule has 0 spiro atoms. The highest BCUT2D eigenvalue weighted by molar-refractivity contribution is 8.13. The van der Waals surface area contributed by atoms with Crippen LogP contribution in [0.5, 0.6) is 0 Å². The molecule has 3 N–H and O–H groups in total. The Morgan fingerprint density at radius 3 is 2.64 bits per heavy atom. The van der Waals surface area contributed by atoms with E-state index >= 15 is 0 Å². The predicted molar refractivity (Wildman–Crippen MR) is 64.5 cm³/mol. The topological polar surface area (TPSA) is 49.9 Å². The van der Waals surface area contributed by atoms with E-state index in [-0.39, 0.29) is 5.17 Å². The van der Waals surface area contributed by atoms with Crippen LogP contribution in [0.3, 0.4) is 0 Å². The lowest BCUT2D eigenvalue weighted by atomic mass is 10.1. The van der Waals surface area contributed by atoms with E-state index in [1.807, 2.05) is 18.2 Å². The van der Waals surface area contributed by atoms with Crippen LogP contribution in [0.2, 0.25) is 0 Å². The highest BCUT2D eigenvalue weighted by atomic mass is 32.2. The fraction of sp³-hybridized carbons (Fsp3) is 0.182. The summed E-state index contributed by atoms with van der Waals surface area (Å²) in [5, 5.41) is 7.22. The molecule has 1 rings (SSSR count). The summed E-state index contributed by atoms with van der Waals surface area (Å²) in [4.78, 5) is 0. The van der Waals surface area contributed by atoms with Crippen molar-refractivity contribution < 1.29 is 0 Å². The lowest BCUT2D eigenvalue weighted by Gasteiger charge is -2.00. The van der Waals surface area contributed by atoms with Crippen LogP contribution < -0.4 is 5.73 Å². The van der Waals surface area contributed by atoms with Gasteiger partial charge < -0.3 is 5.73 Å². The molecule has 0 fully saturated rings. The predicted octanol–water partition coefficient (Wildman–Crippen LogP) is 2.72. The highest BCUT2D eigenvalue weighted by Crippen LogP contribution is 2.13. The Morgan fingerprint density at radius 1 is 1.43 bits per heavy atom. The van der Waals surface area contributed by atoms with Crippen LogP contribution in [-0.2, 0) is 0 Å². The number of nitrogens with one attached hydrogen (secondary N) is 1. The summed E-state index contributed by atoms with van der Waals surface area (Å²) >= 11 is 1.34. The minimum absolute atomic E-state index is 0.169. The third-order valence-electron chi connectivity index (χ3n) is 1.86. The molecule has 0 bridgehead atoms. The summed E-state index contributed by atoms with van der Waals surface area (Å²) in [7, 11) is 0. The average molecular weight is 206 g/mol. The van der Waals surface area contributed by atoms with E-state index < -0.39 is 0 Å². The Labute approximate surface area is 88.7 Å². The first-order valence-corrected chi connectivity index (χ1v) is 5.37. The van der Waals surface area contributed by atoms with Gasteiger partial charge in [-0.1, -0.05) is 48.2 Å². The molecule has 0 aliphatic carbocycles. The normalized spacial score (nSPS) is 11.4. The maximum atomic E-state index is 7.05. The number of nitrogens with two attached hydrogens (primary N) is 1. The standard InChI is InChI=1S/C11H14N2S/c1-9(7-8-14-11(12)13)10-5-3-2-4-6-10/h2-7H,8H2,1H3,(H3,12,13)/b9-7-. The largest absolute Gasteiger partial charge is 0.379 e. The van der Waals surface area contributed by atoms with E-state index in [1.54, 1.807) is 0 Å². The lowest BCUT2D eigenvalue weighted by molar-refractivity contribution is 1.50. The number of thioether (sulfide) groups is 1. The molecule has 0 aromatic heterocycles. The number of rotatable bonds is 3. The van der Waals surface area contributed by atoms with Gasteiger partial charge in [-0.25, -0.2) is 0 Å².